The Labute approximate surface area is 205 Å². The minimum absolute atomic E-state index is 0.00134. The molecule has 1 aliphatic heterocycles. The van der Waals surface area contributed by atoms with Crippen LogP contribution in [0.15, 0.2) is 42.5 Å². The number of carbonyl (C=O) groups is 1. The number of hydrogen-bond acceptors (Lipinski definition) is 3. The second-order valence-corrected chi connectivity index (χ2v) is 10.4. The first-order valence-corrected chi connectivity index (χ1v) is 12.6. The van der Waals surface area contributed by atoms with Crippen LogP contribution >= 0.6 is 11.6 Å². The topological polar surface area (TPSA) is 59.4 Å². The van der Waals surface area contributed by atoms with Crippen LogP contribution < -0.4 is 5.32 Å². The molecule has 2 aromatic rings. The Hall–Kier alpha value is -2.62. The third kappa shape index (κ3) is 4.64. The number of nitriles is 1. The second kappa shape index (κ2) is 9.56. The van der Waals surface area contributed by atoms with Crippen LogP contribution in [-0.4, -0.2) is 48.1 Å². The molecule has 1 heterocycles. The van der Waals surface area contributed by atoms with Crippen molar-refractivity contribution < 1.29 is 9.18 Å². The van der Waals surface area contributed by atoms with Crippen molar-refractivity contribution in [3.63, 3.8) is 0 Å². The molecule has 178 valence electrons. The third-order valence-electron chi connectivity index (χ3n) is 8.01. The summed E-state index contributed by atoms with van der Waals surface area (Å²) in [7, 11) is 0. The van der Waals surface area contributed by atoms with Gasteiger partial charge < -0.3 is 15.1 Å². The molecule has 1 saturated heterocycles. The number of anilines is 1. The quantitative estimate of drug-likeness (QED) is 0.569. The van der Waals surface area contributed by atoms with Gasteiger partial charge in [-0.1, -0.05) is 23.7 Å². The van der Waals surface area contributed by atoms with Crippen molar-refractivity contribution in [2.45, 2.75) is 50.0 Å². The molecule has 0 aromatic heterocycles. The van der Waals surface area contributed by atoms with E-state index in [0.29, 0.717) is 23.7 Å². The van der Waals surface area contributed by atoms with Crippen molar-refractivity contribution in [3.8, 4) is 6.07 Å². The summed E-state index contributed by atoms with van der Waals surface area (Å²) in [6, 6.07) is 14.6. The Bertz CT molecular complexity index is 1110. The highest BCUT2D eigenvalue weighted by molar-refractivity contribution is 6.31. The van der Waals surface area contributed by atoms with Gasteiger partial charge in [0, 0.05) is 24.8 Å². The van der Waals surface area contributed by atoms with Gasteiger partial charge in [0.15, 0.2) is 0 Å². The maximum Gasteiger partial charge on any atom is 0.322 e. The fourth-order valence-corrected chi connectivity index (χ4v) is 6.20. The van der Waals surface area contributed by atoms with E-state index in [4.69, 9.17) is 11.6 Å². The number of fused-ring (bicyclic) bond motifs is 1. The van der Waals surface area contributed by atoms with E-state index in [1.54, 1.807) is 6.07 Å². The number of nitrogens with one attached hydrogen (secondary N) is 1. The molecule has 0 spiro atoms. The lowest BCUT2D eigenvalue weighted by atomic mass is 9.80. The molecule has 5 rings (SSSR count). The normalized spacial score (nSPS) is 25.9. The molecule has 5 nitrogen and oxygen atoms in total. The molecule has 3 atom stereocenters. The van der Waals surface area contributed by atoms with Gasteiger partial charge in [0.25, 0.3) is 0 Å². The van der Waals surface area contributed by atoms with Crippen LogP contribution in [0.2, 0.25) is 5.02 Å². The summed E-state index contributed by atoms with van der Waals surface area (Å²) in [5, 5.41) is 12.3. The highest BCUT2D eigenvalue weighted by Crippen LogP contribution is 2.62. The predicted molar refractivity (Wildman–Crippen MR) is 131 cm³/mol. The number of urea groups is 1. The van der Waals surface area contributed by atoms with Crippen LogP contribution in [0.1, 0.15) is 49.7 Å². The lowest BCUT2D eigenvalue weighted by Gasteiger charge is -2.37. The van der Waals surface area contributed by atoms with Crippen molar-refractivity contribution >= 4 is 23.3 Å². The molecule has 2 amide bonds. The summed E-state index contributed by atoms with van der Waals surface area (Å²) in [4.78, 5) is 17.8. The monoisotopic (exact) mass is 480 g/mol. The van der Waals surface area contributed by atoms with Gasteiger partial charge in [-0.15, -0.1) is 0 Å². The molecule has 3 aliphatic rings. The summed E-state index contributed by atoms with van der Waals surface area (Å²) < 4.78 is 13.6. The van der Waals surface area contributed by atoms with Crippen LogP contribution in [-0.2, 0) is 5.41 Å². The van der Waals surface area contributed by atoms with Crippen molar-refractivity contribution in [1.82, 2.24) is 9.80 Å². The molecule has 0 bridgehead atoms. The van der Waals surface area contributed by atoms with E-state index in [1.807, 2.05) is 23.1 Å². The minimum atomic E-state index is -0.497. The molecular weight excluding hydrogens is 451 g/mol. The Morgan fingerprint density at radius 3 is 2.82 bits per heavy atom. The van der Waals surface area contributed by atoms with Gasteiger partial charge in [-0.25, -0.2) is 9.18 Å². The van der Waals surface area contributed by atoms with E-state index in [2.05, 4.69) is 22.4 Å². The van der Waals surface area contributed by atoms with Gasteiger partial charge in [-0.05, 0) is 98.8 Å². The Kier molecular flexibility index (Phi) is 6.50. The Morgan fingerprint density at radius 1 is 1.26 bits per heavy atom. The van der Waals surface area contributed by atoms with Crippen molar-refractivity contribution in [1.29, 1.82) is 5.26 Å². The van der Waals surface area contributed by atoms with Gasteiger partial charge in [0.1, 0.15) is 5.82 Å². The third-order valence-corrected chi connectivity index (χ3v) is 8.30. The average molecular weight is 481 g/mol. The fraction of sp³-hybridized carbons (Fsp3) is 0.481. The van der Waals surface area contributed by atoms with Crippen LogP contribution in [0.3, 0.4) is 0 Å². The number of carbonyl (C=O) groups excluding carboxylic acids is 1. The largest absolute Gasteiger partial charge is 0.322 e. The molecule has 3 unspecified atom stereocenters. The fourth-order valence-electron chi connectivity index (χ4n) is 6.02. The molecule has 2 aromatic carbocycles. The molecule has 3 fully saturated rings. The SMILES string of the molecule is N#Cc1cccc(C23CCC(N(CCN4CCCC4)C(=O)Nc4ccc(F)c(Cl)c4)CC2C3)c1. The first kappa shape index (κ1) is 23.1. The van der Waals surface area contributed by atoms with Gasteiger partial charge >= 0.3 is 6.03 Å². The van der Waals surface area contributed by atoms with Crippen molar-refractivity contribution in [3.05, 3.63) is 64.4 Å². The average Bonchev–Trinajstić information content (AvgIpc) is 3.36. The van der Waals surface area contributed by atoms with E-state index >= 15 is 0 Å². The van der Waals surface area contributed by atoms with Gasteiger partial charge in [0.05, 0.1) is 16.7 Å². The zero-order valence-electron chi connectivity index (χ0n) is 19.3. The van der Waals surface area contributed by atoms with E-state index < -0.39 is 5.82 Å². The first-order chi connectivity index (χ1) is 16.5. The summed E-state index contributed by atoms with van der Waals surface area (Å²) in [5.74, 6) is 0.0333. The van der Waals surface area contributed by atoms with Crippen molar-refractivity contribution in [2.75, 3.05) is 31.5 Å². The maximum absolute atomic E-state index is 13.6. The summed E-state index contributed by atoms with van der Waals surface area (Å²) in [6.07, 6.45) is 6.48. The number of halogens is 2. The number of rotatable bonds is 6. The second-order valence-electron chi connectivity index (χ2n) is 9.98. The highest BCUT2D eigenvalue weighted by atomic mass is 35.5. The zero-order valence-corrected chi connectivity index (χ0v) is 20.0. The summed E-state index contributed by atoms with van der Waals surface area (Å²) in [5.41, 5.74) is 2.64. The standard InChI is InChI=1S/C27H30ClFN4O/c28-24-16-22(6-7-25(24)29)31-26(34)33(13-12-32-10-1-2-11-32)23-8-9-27(17-21(27)15-23)20-5-3-4-19(14-20)18-30/h3-7,14,16,21,23H,1-2,8-13,15,17H2,(H,31,34). The maximum atomic E-state index is 13.6. The molecule has 7 heteroatoms. The van der Waals surface area contributed by atoms with Crippen molar-refractivity contribution in [2.24, 2.45) is 5.92 Å². The van der Waals surface area contributed by atoms with Crippen LogP contribution in [0.5, 0.6) is 0 Å². The Morgan fingerprint density at radius 2 is 2.09 bits per heavy atom. The van der Waals surface area contributed by atoms with E-state index in [1.165, 1.54) is 30.5 Å². The van der Waals surface area contributed by atoms with Gasteiger partial charge in [-0.2, -0.15) is 5.26 Å². The predicted octanol–water partition coefficient (Wildman–Crippen LogP) is 5.79. The number of likely N-dealkylation sites (tertiary alicyclic amines) is 1. The highest BCUT2D eigenvalue weighted by Gasteiger charge is 2.58. The lowest BCUT2D eigenvalue weighted by Crippen LogP contribution is -2.48. The molecule has 2 aliphatic carbocycles. The number of amides is 2. The number of benzene rings is 2. The minimum Gasteiger partial charge on any atom is -0.320 e. The van der Waals surface area contributed by atoms with Gasteiger partial charge in [0.2, 0.25) is 0 Å². The van der Waals surface area contributed by atoms with Gasteiger partial charge in [-0.3, -0.25) is 0 Å². The van der Waals surface area contributed by atoms with Crippen LogP contribution in [0, 0.1) is 23.1 Å². The van der Waals surface area contributed by atoms with E-state index in [-0.39, 0.29) is 22.5 Å². The number of nitrogens with zero attached hydrogens (tertiary/aromatic N) is 3. The summed E-state index contributed by atoms with van der Waals surface area (Å²) >= 11 is 5.93. The molecule has 2 saturated carbocycles. The Balaban J connectivity index is 1.30. The lowest BCUT2D eigenvalue weighted by molar-refractivity contribution is 0.149. The zero-order chi connectivity index (χ0) is 23.7. The number of hydrogen-bond donors (Lipinski definition) is 1. The molecule has 0 radical (unpaired) electrons. The molecule has 34 heavy (non-hydrogen) atoms. The van der Waals surface area contributed by atoms with E-state index in [9.17, 15) is 14.4 Å². The molecular formula is C27H30ClFN4O. The first-order valence-electron chi connectivity index (χ1n) is 12.2. The van der Waals surface area contributed by atoms with Crippen LogP contribution in [0.25, 0.3) is 0 Å². The van der Waals surface area contributed by atoms with E-state index in [0.717, 1.165) is 45.3 Å². The smallest absolute Gasteiger partial charge is 0.320 e. The van der Waals surface area contributed by atoms with Crippen LogP contribution in [0.4, 0.5) is 14.9 Å². The summed E-state index contributed by atoms with van der Waals surface area (Å²) in [6.45, 7) is 3.73. The molecule has 1 N–H and O–H groups in total.